The Labute approximate surface area is 215 Å². The van der Waals surface area contributed by atoms with Gasteiger partial charge in [-0.05, 0) is 61.0 Å². The number of aryl methyl sites for hydroxylation is 1. The molecule has 1 fully saturated rings. The molecule has 37 heavy (non-hydrogen) atoms. The first-order valence-electron chi connectivity index (χ1n) is 12.2. The van der Waals surface area contributed by atoms with Crippen LogP contribution < -0.4 is 9.47 Å². The van der Waals surface area contributed by atoms with Gasteiger partial charge >= 0.3 is 0 Å². The van der Waals surface area contributed by atoms with Crippen molar-refractivity contribution < 1.29 is 19.4 Å². The third-order valence-corrected chi connectivity index (χ3v) is 6.87. The molecule has 0 aliphatic carbocycles. The lowest BCUT2D eigenvalue weighted by Gasteiger charge is -2.32. The number of likely N-dealkylation sites (tertiary alicyclic amines) is 1. The second-order valence-corrected chi connectivity index (χ2v) is 9.16. The standard InChI is InChI=1S/C29H28N4O4/c1-18-13-22(36-2)4-5-23(18)26-15-24-25(32-26)7-10-31-29(24)19-3-6-27(20(14-19)16-30)37-21-8-11-33(12-9-21)28(35)17-34/h3-7,10,13-15,21,32,34H,8-9,11-12,17H2,1-2H3. The molecule has 1 saturated heterocycles. The molecular weight excluding hydrogens is 468 g/mol. The number of pyridine rings is 1. The summed E-state index contributed by atoms with van der Waals surface area (Å²) in [4.78, 5) is 21.5. The Bertz CT molecular complexity index is 1500. The van der Waals surface area contributed by atoms with Gasteiger partial charge in [-0.15, -0.1) is 0 Å². The highest BCUT2D eigenvalue weighted by Gasteiger charge is 2.24. The summed E-state index contributed by atoms with van der Waals surface area (Å²) >= 11 is 0. The average Bonchev–Trinajstić information content (AvgIpc) is 3.37. The van der Waals surface area contributed by atoms with Crippen LogP contribution in [-0.2, 0) is 4.79 Å². The molecule has 2 aromatic heterocycles. The van der Waals surface area contributed by atoms with Crippen molar-refractivity contribution >= 4 is 16.8 Å². The van der Waals surface area contributed by atoms with E-state index in [2.05, 4.69) is 29.0 Å². The van der Waals surface area contributed by atoms with Gasteiger partial charge in [0.05, 0.1) is 18.4 Å². The number of hydrogen-bond acceptors (Lipinski definition) is 6. The average molecular weight is 497 g/mol. The van der Waals surface area contributed by atoms with Crippen molar-refractivity contribution in [1.29, 1.82) is 5.26 Å². The highest BCUT2D eigenvalue weighted by molar-refractivity contribution is 5.96. The maximum atomic E-state index is 11.7. The number of nitriles is 1. The lowest BCUT2D eigenvalue weighted by atomic mass is 10.0. The maximum absolute atomic E-state index is 11.7. The Kier molecular flexibility index (Phi) is 6.80. The number of hydrogen-bond donors (Lipinski definition) is 2. The number of carbonyl (C=O) groups excluding carboxylic acids is 1. The lowest BCUT2D eigenvalue weighted by molar-refractivity contribution is -0.135. The molecule has 188 valence electrons. The zero-order valence-electron chi connectivity index (χ0n) is 20.8. The molecular formula is C29H28N4O4. The quantitative estimate of drug-likeness (QED) is 0.408. The zero-order valence-corrected chi connectivity index (χ0v) is 20.8. The van der Waals surface area contributed by atoms with Gasteiger partial charge in [0, 0.05) is 59.9 Å². The number of piperidine rings is 1. The fourth-order valence-corrected chi connectivity index (χ4v) is 4.86. The van der Waals surface area contributed by atoms with E-state index >= 15 is 0 Å². The summed E-state index contributed by atoms with van der Waals surface area (Å²) < 4.78 is 11.5. The largest absolute Gasteiger partial charge is 0.497 e. The van der Waals surface area contributed by atoms with Gasteiger partial charge in [0.2, 0.25) is 5.91 Å². The summed E-state index contributed by atoms with van der Waals surface area (Å²) in [6.45, 7) is 2.63. The lowest BCUT2D eigenvalue weighted by Crippen LogP contribution is -2.42. The Morgan fingerprint density at radius 1 is 1.19 bits per heavy atom. The fourth-order valence-electron chi connectivity index (χ4n) is 4.86. The van der Waals surface area contributed by atoms with E-state index in [-0.39, 0.29) is 12.0 Å². The minimum absolute atomic E-state index is 0.0952. The molecule has 1 aliphatic rings. The highest BCUT2D eigenvalue weighted by atomic mass is 16.5. The van der Waals surface area contributed by atoms with Crippen LogP contribution in [0.1, 0.15) is 24.0 Å². The Morgan fingerprint density at radius 3 is 2.70 bits per heavy atom. The number of ether oxygens (including phenoxy) is 2. The number of amides is 1. The van der Waals surface area contributed by atoms with Gasteiger partial charge in [0.1, 0.15) is 30.3 Å². The molecule has 8 heteroatoms. The summed E-state index contributed by atoms with van der Waals surface area (Å²) in [6.07, 6.45) is 2.96. The summed E-state index contributed by atoms with van der Waals surface area (Å²) in [6, 6.07) is 17.8. The van der Waals surface area contributed by atoms with Crippen LogP contribution in [0.25, 0.3) is 33.4 Å². The smallest absolute Gasteiger partial charge is 0.248 e. The highest BCUT2D eigenvalue weighted by Crippen LogP contribution is 2.35. The van der Waals surface area contributed by atoms with Crippen LogP contribution in [0.15, 0.2) is 54.7 Å². The van der Waals surface area contributed by atoms with Crippen molar-refractivity contribution in [3.63, 3.8) is 0 Å². The van der Waals surface area contributed by atoms with Crippen molar-refractivity contribution in [3.05, 3.63) is 65.9 Å². The van der Waals surface area contributed by atoms with Crippen molar-refractivity contribution in [2.75, 3.05) is 26.8 Å². The number of aliphatic hydroxyl groups is 1. The van der Waals surface area contributed by atoms with E-state index in [4.69, 9.17) is 14.6 Å². The third kappa shape index (κ3) is 4.86. The number of aromatic nitrogens is 2. The van der Waals surface area contributed by atoms with Crippen LogP contribution >= 0.6 is 0 Å². The van der Waals surface area contributed by atoms with Crippen LogP contribution in [0, 0.1) is 18.3 Å². The number of aromatic amines is 1. The molecule has 1 amide bonds. The van der Waals surface area contributed by atoms with E-state index in [9.17, 15) is 10.1 Å². The van der Waals surface area contributed by atoms with E-state index in [1.54, 1.807) is 18.2 Å². The monoisotopic (exact) mass is 496 g/mol. The summed E-state index contributed by atoms with van der Waals surface area (Å²) in [5.41, 5.74) is 6.16. The van der Waals surface area contributed by atoms with Crippen LogP contribution in [0.3, 0.4) is 0 Å². The Hall–Kier alpha value is -4.35. The van der Waals surface area contributed by atoms with Gasteiger partial charge in [-0.2, -0.15) is 5.26 Å². The van der Waals surface area contributed by atoms with Crippen molar-refractivity contribution in [1.82, 2.24) is 14.9 Å². The molecule has 0 spiro atoms. The Morgan fingerprint density at radius 2 is 2.00 bits per heavy atom. The van der Waals surface area contributed by atoms with Gasteiger partial charge < -0.3 is 24.5 Å². The first-order chi connectivity index (χ1) is 18.0. The first-order valence-corrected chi connectivity index (χ1v) is 12.2. The summed E-state index contributed by atoms with van der Waals surface area (Å²) in [5, 5.41) is 19.9. The molecule has 0 radical (unpaired) electrons. The number of nitrogens with one attached hydrogen (secondary N) is 1. The van der Waals surface area contributed by atoms with Crippen molar-refractivity contribution in [3.8, 4) is 40.1 Å². The number of rotatable bonds is 6. The number of carbonyl (C=O) groups is 1. The predicted octanol–water partition coefficient (Wildman–Crippen LogP) is 4.45. The zero-order chi connectivity index (χ0) is 25.9. The maximum Gasteiger partial charge on any atom is 0.248 e. The Balaban J connectivity index is 1.41. The number of aliphatic hydroxyl groups excluding tert-OH is 1. The van der Waals surface area contributed by atoms with E-state index < -0.39 is 6.61 Å². The molecule has 3 heterocycles. The molecule has 0 atom stereocenters. The van der Waals surface area contributed by atoms with Gasteiger partial charge in [-0.3, -0.25) is 9.78 Å². The van der Waals surface area contributed by atoms with Gasteiger partial charge in [0.25, 0.3) is 0 Å². The van der Waals surface area contributed by atoms with E-state index in [0.717, 1.165) is 44.7 Å². The van der Waals surface area contributed by atoms with Gasteiger partial charge in [0.15, 0.2) is 0 Å². The molecule has 8 nitrogen and oxygen atoms in total. The normalized spacial score (nSPS) is 13.9. The van der Waals surface area contributed by atoms with E-state index in [1.807, 2.05) is 42.5 Å². The molecule has 2 aromatic carbocycles. The van der Waals surface area contributed by atoms with Crippen LogP contribution in [0.5, 0.6) is 11.5 Å². The summed E-state index contributed by atoms with van der Waals surface area (Å²) in [5.74, 6) is 1.07. The minimum Gasteiger partial charge on any atom is -0.497 e. The molecule has 0 unspecified atom stereocenters. The van der Waals surface area contributed by atoms with Gasteiger partial charge in [-0.1, -0.05) is 0 Å². The number of H-pyrrole nitrogens is 1. The van der Waals surface area contributed by atoms with Gasteiger partial charge in [-0.25, -0.2) is 0 Å². The number of nitrogens with zero attached hydrogens (tertiary/aromatic N) is 3. The topological polar surface area (TPSA) is 111 Å². The number of methoxy groups -OCH3 is 1. The molecule has 0 saturated carbocycles. The molecule has 4 aromatic rings. The van der Waals surface area contributed by atoms with Crippen molar-refractivity contribution in [2.24, 2.45) is 0 Å². The van der Waals surface area contributed by atoms with Crippen molar-refractivity contribution in [2.45, 2.75) is 25.9 Å². The molecule has 2 N–H and O–H groups in total. The first kappa shape index (κ1) is 24.3. The molecule has 5 rings (SSSR count). The second-order valence-electron chi connectivity index (χ2n) is 9.16. The van der Waals surface area contributed by atoms with Crippen LogP contribution in [-0.4, -0.2) is 58.8 Å². The predicted molar refractivity (Wildman–Crippen MR) is 140 cm³/mol. The fraction of sp³-hybridized carbons (Fsp3) is 0.276. The SMILES string of the molecule is COc1ccc(-c2cc3c(-c4ccc(OC5CCN(C(=O)CO)CC5)c(C#N)c4)nccc3[nH]2)c(C)c1. The molecule has 1 aliphatic heterocycles. The number of benzene rings is 2. The van der Waals surface area contributed by atoms with Crippen LogP contribution in [0.4, 0.5) is 0 Å². The minimum atomic E-state index is -0.477. The van der Waals surface area contributed by atoms with E-state index in [0.29, 0.717) is 37.2 Å². The molecule has 0 bridgehead atoms. The van der Waals surface area contributed by atoms with Crippen LogP contribution in [0.2, 0.25) is 0 Å². The second kappa shape index (κ2) is 10.3. The third-order valence-electron chi connectivity index (χ3n) is 6.87. The van der Waals surface area contributed by atoms with E-state index in [1.165, 1.54) is 0 Å². The number of fused-ring (bicyclic) bond motifs is 1. The summed E-state index contributed by atoms with van der Waals surface area (Å²) in [7, 11) is 1.66.